The molecule has 2 rings (SSSR count). The van der Waals surface area contributed by atoms with E-state index in [1.54, 1.807) is 6.07 Å². The number of carbonyl (C=O) groups is 2. The molecule has 1 amide bonds. The minimum atomic E-state index is -0.914. The van der Waals surface area contributed by atoms with Crippen molar-refractivity contribution in [2.24, 2.45) is 0 Å². The molecule has 1 atom stereocenters. The topological polar surface area (TPSA) is 81.4 Å². The first-order valence-corrected chi connectivity index (χ1v) is 7.93. The molecular formula is C18H19ClN2O3. The van der Waals surface area contributed by atoms with E-state index in [1.807, 2.05) is 30.3 Å². The summed E-state index contributed by atoms with van der Waals surface area (Å²) in [5.41, 5.74) is 7.25. The summed E-state index contributed by atoms with van der Waals surface area (Å²) in [7, 11) is 0. The molecule has 0 bridgehead atoms. The summed E-state index contributed by atoms with van der Waals surface area (Å²) in [4.78, 5) is 24.1. The van der Waals surface area contributed by atoms with Gasteiger partial charge in [0, 0.05) is 17.3 Å². The summed E-state index contributed by atoms with van der Waals surface area (Å²) in [5, 5.41) is 3.17. The largest absolute Gasteiger partial charge is 0.449 e. The van der Waals surface area contributed by atoms with Gasteiger partial charge in [0.2, 0.25) is 0 Å². The molecule has 0 aliphatic rings. The number of carbonyl (C=O) groups excluding carboxylic acids is 2. The van der Waals surface area contributed by atoms with Crippen molar-refractivity contribution in [2.45, 2.75) is 19.4 Å². The molecule has 0 aromatic heterocycles. The first-order chi connectivity index (χ1) is 11.5. The predicted octanol–water partition coefficient (Wildman–Crippen LogP) is 2.83. The third-order valence-electron chi connectivity index (χ3n) is 3.44. The van der Waals surface area contributed by atoms with Crippen LogP contribution in [0, 0.1) is 0 Å². The molecule has 0 aliphatic carbocycles. The summed E-state index contributed by atoms with van der Waals surface area (Å²) in [5.74, 6) is -1.01. The second-order valence-corrected chi connectivity index (χ2v) is 5.74. The Labute approximate surface area is 145 Å². The van der Waals surface area contributed by atoms with Crippen molar-refractivity contribution in [1.82, 2.24) is 5.32 Å². The second kappa shape index (κ2) is 8.36. The fourth-order valence-electron chi connectivity index (χ4n) is 2.12. The van der Waals surface area contributed by atoms with Crippen LogP contribution < -0.4 is 11.1 Å². The van der Waals surface area contributed by atoms with Gasteiger partial charge in [0.15, 0.2) is 6.10 Å². The number of ether oxygens (including phenoxy) is 1. The second-order valence-electron chi connectivity index (χ2n) is 5.31. The molecule has 24 heavy (non-hydrogen) atoms. The summed E-state index contributed by atoms with van der Waals surface area (Å²) in [6.45, 7) is 1.98. The van der Waals surface area contributed by atoms with Crippen molar-refractivity contribution in [1.29, 1.82) is 0 Å². The van der Waals surface area contributed by atoms with Gasteiger partial charge in [-0.3, -0.25) is 4.79 Å². The zero-order valence-corrected chi connectivity index (χ0v) is 14.0. The first-order valence-electron chi connectivity index (χ1n) is 7.55. The van der Waals surface area contributed by atoms with E-state index in [9.17, 15) is 9.59 Å². The van der Waals surface area contributed by atoms with Crippen LogP contribution in [-0.4, -0.2) is 24.5 Å². The predicted molar refractivity (Wildman–Crippen MR) is 93.9 cm³/mol. The van der Waals surface area contributed by atoms with E-state index in [4.69, 9.17) is 22.1 Å². The van der Waals surface area contributed by atoms with Crippen LogP contribution in [0.15, 0.2) is 48.5 Å². The summed E-state index contributed by atoms with van der Waals surface area (Å²) in [6.07, 6.45) is -0.208. The zero-order valence-electron chi connectivity index (χ0n) is 13.3. The Kier molecular flexibility index (Phi) is 6.21. The number of esters is 1. The molecule has 5 nitrogen and oxygen atoms in total. The number of nitrogens with two attached hydrogens (primary N) is 1. The van der Waals surface area contributed by atoms with E-state index in [0.29, 0.717) is 18.0 Å². The maximum absolute atomic E-state index is 12.1. The number of amides is 1. The number of hydrogen-bond acceptors (Lipinski definition) is 4. The summed E-state index contributed by atoms with van der Waals surface area (Å²) in [6, 6.07) is 14.3. The fourth-order valence-corrected chi connectivity index (χ4v) is 2.30. The lowest BCUT2D eigenvalue weighted by molar-refractivity contribution is -0.129. The number of hydrogen-bond donors (Lipinski definition) is 2. The maximum atomic E-state index is 12.1. The number of nitrogen functional groups attached to an aromatic ring is 1. The smallest absolute Gasteiger partial charge is 0.341 e. The zero-order chi connectivity index (χ0) is 17.5. The van der Waals surface area contributed by atoms with E-state index in [1.165, 1.54) is 19.1 Å². The minimum absolute atomic E-state index is 0.184. The minimum Gasteiger partial charge on any atom is -0.449 e. The van der Waals surface area contributed by atoms with E-state index in [0.717, 1.165) is 5.56 Å². The van der Waals surface area contributed by atoms with Crippen molar-refractivity contribution in [2.75, 3.05) is 12.3 Å². The van der Waals surface area contributed by atoms with Crippen LogP contribution in [-0.2, 0) is 16.0 Å². The Hall–Kier alpha value is -2.53. The highest BCUT2D eigenvalue weighted by Gasteiger charge is 2.20. The van der Waals surface area contributed by atoms with Gasteiger partial charge in [-0.25, -0.2) is 4.79 Å². The number of halogens is 1. The third kappa shape index (κ3) is 4.99. The average molecular weight is 347 g/mol. The van der Waals surface area contributed by atoms with Crippen molar-refractivity contribution in [3.63, 3.8) is 0 Å². The first kappa shape index (κ1) is 17.8. The highest BCUT2D eigenvalue weighted by Crippen LogP contribution is 2.19. The van der Waals surface area contributed by atoms with Crippen LogP contribution in [0.1, 0.15) is 22.8 Å². The van der Waals surface area contributed by atoms with E-state index in [-0.39, 0.29) is 17.2 Å². The van der Waals surface area contributed by atoms with Crippen molar-refractivity contribution in [3.8, 4) is 0 Å². The maximum Gasteiger partial charge on any atom is 0.341 e. The van der Waals surface area contributed by atoms with Gasteiger partial charge in [-0.05, 0) is 37.1 Å². The number of anilines is 1. The quantitative estimate of drug-likeness (QED) is 0.622. The normalized spacial score (nSPS) is 11.6. The summed E-state index contributed by atoms with van der Waals surface area (Å²) < 4.78 is 5.15. The molecule has 3 N–H and O–H groups in total. The Morgan fingerprint density at radius 3 is 2.58 bits per heavy atom. The van der Waals surface area contributed by atoms with Crippen molar-refractivity contribution < 1.29 is 14.3 Å². The highest BCUT2D eigenvalue weighted by molar-refractivity contribution is 6.31. The Bertz CT molecular complexity index is 719. The van der Waals surface area contributed by atoms with Crippen molar-refractivity contribution >= 4 is 29.2 Å². The lowest BCUT2D eigenvalue weighted by Gasteiger charge is -2.14. The highest BCUT2D eigenvalue weighted by atomic mass is 35.5. The molecule has 0 spiro atoms. The number of nitrogens with one attached hydrogen (secondary N) is 1. The lowest BCUT2D eigenvalue weighted by Crippen LogP contribution is -2.37. The Morgan fingerprint density at radius 1 is 1.21 bits per heavy atom. The fraction of sp³-hybridized carbons (Fsp3) is 0.222. The molecule has 126 valence electrons. The molecule has 2 aromatic rings. The molecule has 0 fully saturated rings. The van der Waals surface area contributed by atoms with Crippen LogP contribution in [0.2, 0.25) is 5.02 Å². The Balaban J connectivity index is 1.83. The van der Waals surface area contributed by atoms with Crippen LogP contribution in [0.5, 0.6) is 0 Å². The molecule has 0 heterocycles. The van der Waals surface area contributed by atoms with E-state index in [2.05, 4.69) is 5.32 Å². The average Bonchev–Trinajstić information content (AvgIpc) is 2.55. The number of benzene rings is 2. The van der Waals surface area contributed by atoms with Gasteiger partial charge in [-0.2, -0.15) is 0 Å². The van der Waals surface area contributed by atoms with Gasteiger partial charge in [-0.15, -0.1) is 0 Å². The molecule has 2 aromatic carbocycles. The van der Waals surface area contributed by atoms with Gasteiger partial charge in [0.05, 0.1) is 5.56 Å². The molecule has 0 saturated carbocycles. The van der Waals surface area contributed by atoms with Crippen LogP contribution >= 0.6 is 11.6 Å². The van der Waals surface area contributed by atoms with Gasteiger partial charge < -0.3 is 15.8 Å². The van der Waals surface area contributed by atoms with Gasteiger partial charge in [0.1, 0.15) is 0 Å². The molecule has 0 radical (unpaired) electrons. The van der Waals surface area contributed by atoms with E-state index < -0.39 is 12.1 Å². The van der Waals surface area contributed by atoms with Gasteiger partial charge >= 0.3 is 5.97 Å². The van der Waals surface area contributed by atoms with Gasteiger partial charge in [0.25, 0.3) is 5.91 Å². The SMILES string of the molecule is C[C@H](OC(=O)c1ccc(Cl)cc1N)C(=O)NCCc1ccccc1. The van der Waals surface area contributed by atoms with Crippen molar-refractivity contribution in [3.05, 3.63) is 64.7 Å². The van der Waals surface area contributed by atoms with E-state index >= 15 is 0 Å². The molecule has 0 aliphatic heterocycles. The lowest BCUT2D eigenvalue weighted by atomic mass is 10.1. The van der Waals surface area contributed by atoms with Crippen LogP contribution in [0.3, 0.4) is 0 Å². The molecule has 6 heteroatoms. The van der Waals surface area contributed by atoms with Crippen LogP contribution in [0.25, 0.3) is 0 Å². The number of rotatable bonds is 6. The standard InChI is InChI=1S/C18H19ClN2O3/c1-12(17(22)21-10-9-13-5-3-2-4-6-13)24-18(23)15-8-7-14(19)11-16(15)20/h2-8,11-12H,9-10,20H2,1H3,(H,21,22)/t12-/m0/s1. The Morgan fingerprint density at radius 2 is 1.92 bits per heavy atom. The molecule has 0 unspecified atom stereocenters. The summed E-state index contributed by atoms with van der Waals surface area (Å²) >= 11 is 5.79. The molecular weight excluding hydrogens is 328 g/mol. The third-order valence-corrected chi connectivity index (χ3v) is 3.68. The molecule has 0 saturated heterocycles. The van der Waals surface area contributed by atoms with Gasteiger partial charge in [-0.1, -0.05) is 41.9 Å². The van der Waals surface area contributed by atoms with Crippen LogP contribution in [0.4, 0.5) is 5.69 Å². The monoisotopic (exact) mass is 346 g/mol.